The highest BCUT2D eigenvalue weighted by molar-refractivity contribution is 5.83. The Kier molecular flexibility index (Phi) is 4.83. The summed E-state index contributed by atoms with van der Waals surface area (Å²) in [7, 11) is 1.57. The number of methoxy groups -OCH3 is 1. The smallest absolute Gasteiger partial charge is 0.334 e. The molecule has 0 saturated heterocycles. The molecule has 0 bridgehead atoms. The van der Waals surface area contributed by atoms with Gasteiger partial charge in [0.25, 0.3) is 0 Å². The van der Waals surface area contributed by atoms with E-state index in [1.165, 1.54) is 11.6 Å². The number of hydrogen-bond acceptors (Lipinski definition) is 3. The minimum atomic E-state index is -0.307. The number of cyclic esters (lactones) is 1. The van der Waals surface area contributed by atoms with E-state index in [-0.39, 0.29) is 12.1 Å². The zero-order chi connectivity index (χ0) is 12.0. The van der Waals surface area contributed by atoms with E-state index in [9.17, 15) is 4.79 Å². The normalized spacial score (nSPS) is 21.1. The van der Waals surface area contributed by atoms with Gasteiger partial charge in [-0.25, -0.2) is 4.79 Å². The number of allylic oxidation sites excluding steroid dienone is 3. The van der Waals surface area contributed by atoms with Crippen LogP contribution < -0.4 is 0 Å². The lowest BCUT2D eigenvalue weighted by Gasteiger charge is -2.22. The zero-order valence-electron chi connectivity index (χ0n) is 9.86. The van der Waals surface area contributed by atoms with E-state index < -0.39 is 0 Å². The van der Waals surface area contributed by atoms with Gasteiger partial charge in [0.15, 0.2) is 0 Å². The van der Waals surface area contributed by atoms with Crippen LogP contribution in [-0.2, 0) is 14.3 Å². The van der Waals surface area contributed by atoms with Gasteiger partial charge in [-0.05, 0) is 19.8 Å². The summed E-state index contributed by atoms with van der Waals surface area (Å²) < 4.78 is 10.3. The minimum Gasteiger partial charge on any atom is -0.501 e. The molecule has 0 fully saturated rings. The van der Waals surface area contributed by atoms with Crippen molar-refractivity contribution >= 4 is 5.97 Å². The lowest BCUT2D eigenvalue weighted by atomic mass is 10.0. The summed E-state index contributed by atoms with van der Waals surface area (Å²) in [5.74, 6) is 0.394. The second-order valence-electron chi connectivity index (χ2n) is 3.87. The molecule has 1 aliphatic rings. The first-order chi connectivity index (χ1) is 7.65. The van der Waals surface area contributed by atoms with Crippen molar-refractivity contribution in [2.24, 2.45) is 0 Å². The van der Waals surface area contributed by atoms with Gasteiger partial charge < -0.3 is 9.47 Å². The highest BCUT2D eigenvalue weighted by Gasteiger charge is 2.21. The number of ether oxygens (including phenoxy) is 2. The van der Waals surface area contributed by atoms with Crippen molar-refractivity contribution in [2.45, 2.75) is 32.3 Å². The Bertz CT molecular complexity index is 326. The monoisotopic (exact) mass is 222 g/mol. The molecule has 0 amide bonds. The van der Waals surface area contributed by atoms with E-state index in [1.807, 2.05) is 13.0 Å². The predicted molar refractivity (Wildman–Crippen MR) is 62.8 cm³/mol. The SMILES string of the molecule is C=C/C=C(\C)CCC1CC(OC)=CC(=O)O1. The van der Waals surface area contributed by atoms with Gasteiger partial charge in [-0.3, -0.25) is 0 Å². The van der Waals surface area contributed by atoms with Gasteiger partial charge in [-0.15, -0.1) is 0 Å². The van der Waals surface area contributed by atoms with E-state index in [0.29, 0.717) is 12.2 Å². The molecule has 16 heavy (non-hydrogen) atoms. The van der Waals surface area contributed by atoms with Gasteiger partial charge in [-0.1, -0.05) is 24.3 Å². The number of esters is 1. The lowest BCUT2D eigenvalue weighted by molar-refractivity contribution is -0.145. The van der Waals surface area contributed by atoms with E-state index in [1.54, 1.807) is 13.2 Å². The first-order valence-electron chi connectivity index (χ1n) is 5.39. The fourth-order valence-electron chi connectivity index (χ4n) is 1.63. The molecule has 1 aliphatic heterocycles. The van der Waals surface area contributed by atoms with Gasteiger partial charge in [0, 0.05) is 6.42 Å². The molecular weight excluding hydrogens is 204 g/mol. The molecule has 0 aliphatic carbocycles. The molecule has 0 radical (unpaired) electrons. The molecule has 88 valence electrons. The molecule has 1 atom stereocenters. The van der Waals surface area contributed by atoms with Gasteiger partial charge >= 0.3 is 5.97 Å². The van der Waals surface area contributed by atoms with Gasteiger partial charge in [0.05, 0.1) is 13.2 Å². The summed E-state index contributed by atoms with van der Waals surface area (Å²) in [6.07, 6.45) is 7.47. The van der Waals surface area contributed by atoms with E-state index in [4.69, 9.17) is 9.47 Å². The highest BCUT2D eigenvalue weighted by atomic mass is 16.5. The third-order valence-corrected chi connectivity index (χ3v) is 2.52. The molecule has 0 N–H and O–H groups in total. The molecule has 1 unspecified atom stereocenters. The number of carbonyl (C=O) groups excluding carboxylic acids is 1. The number of hydrogen-bond donors (Lipinski definition) is 0. The summed E-state index contributed by atoms with van der Waals surface area (Å²) in [4.78, 5) is 11.2. The Hall–Kier alpha value is -1.51. The van der Waals surface area contributed by atoms with Crippen LogP contribution in [0.2, 0.25) is 0 Å². The summed E-state index contributed by atoms with van der Waals surface area (Å²) in [5, 5.41) is 0. The van der Waals surface area contributed by atoms with Crippen LogP contribution in [0.5, 0.6) is 0 Å². The summed E-state index contributed by atoms with van der Waals surface area (Å²) >= 11 is 0. The second-order valence-corrected chi connectivity index (χ2v) is 3.87. The van der Waals surface area contributed by atoms with Crippen molar-refractivity contribution in [3.63, 3.8) is 0 Å². The van der Waals surface area contributed by atoms with Gasteiger partial charge in [0.2, 0.25) is 0 Å². The molecule has 0 spiro atoms. The molecule has 0 saturated carbocycles. The summed E-state index contributed by atoms with van der Waals surface area (Å²) in [6, 6.07) is 0. The average Bonchev–Trinajstić information content (AvgIpc) is 2.26. The van der Waals surface area contributed by atoms with Gasteiger partial charge in [-0.2, -0.15) is 0 Å². The van der Waals surface area contributed by atoms with Crippen LogP contribution in [0, 0.1) is 0 Å². The van der Waals surface area contributed by atoms with Crippen LogP contribution in [-0.4, -0.2) is 19.2 Å². The van der Waals surface area contributed by atoms with Crippen LogP contribution >= 0.6 is 0 Å². The fourth-order valence-corrected chi connectivity index (χ4v) is 1.63. The van der Waals surface area contributed by atoms with Crippen LogP contribution in [0.15, 0.2) is 36.1 Å². The van der Waals surface area contributed by atoms with Crippen LogP contribution in [0.4, 0.5) is 0 Å². The standard InChI is InChI=1S/C13H18O3/c1-4-5-10(2)6-7-11-8-12(15-3)9-13(14)16-11/h4-5,9,11H,1,6-8H2,2-3H3/b10-5+. The third-order valence-electron chi connectivity index (χ3n) is 2.52. The zero-order valence-corrected chi connectivity index (χ0v) is 9.86. The Morgan fingerprint density at radius 3 is 3.12 bits per heavy atom. The predicted octanol–water partition coefficient (Wildman–Crippen LogP) is 2.74. The molecule has 0 aromatic heterocycles. The van der Waals surface area contributed by atoms with Gasteiger partial charge in [0.1, 0.15) is 11.9 Å². The Morgan fingerprint density at radius 2 is 2.50 bits per heavy atom. The topological polar surface area (TPSA) is 35.5 Å². The van der Waals surface area contributed by atoms with Crippen molar-refractivity contribution in [1.82, 2.24) is 0 Å². The van der Waals surface area contributed by atoms with Crippen molar-refractivity contribution in [1.29, 1.82) is 0 Å². The lowest BCUT2D eigenvalue weighted by Crippen LogP contribution is -2.23. The molecule has 3 heteroatoms. The molecule has 3 nitrogen and oxygen atoms in total. The molecule has 1 rings (SSSR count). The number of carbonyl (C=O) groups is 1. The summed E-state index contributed by atoms with van der Waals surface area (Å²) in [5.41, 5.74) is 1.24. The first-order valence-corrected chi connectivity index (χ1v) is 5.39. The first kappa shape index (κ1) is 12.6. The van der Waals surface area contributed by atoms with Crippen molar-refractivity contribution in [2.75, 3.05) is 7.11 Å². The minimum absolute atomic E-state index is 0.0689. The molecular formula is C13H18O3. The van der Waals surface area contributed by atoms with Crippen LogP contribution in [0.3, 0.4) is 0 Å². The van der Waals surface area contributed by atoms with E-state index in [0.717, 1.165) is 12.8 Å². The quantitative estimate of drug-likeness (QED) is 0.530. The summed E-state index contributed by atoms with van der Waals surface area (Å²) in [6.45, 7) is 5.68. The third kappa shape index (κ3) is 3.93. The van der Waals surface area contributed by atoms with Crippen molar-refractivity contribution in [3.05, 3.63) is 36.1 Å². The van der Waals surface area contributed by atoms with Crippen molar-refractivity contribution < 1.29 is 14.3 Å². The van der Waals surface area contributed by atoms with Crippen LogP contribution in [0.25, 0.3) is 0 Å². The fraction of sp³-hybridized carbons (Fsp3) is 0.462. The Labute approximate surface area is 96.4 Å². The molecule has 1 heterocycles. The maximum atomic E-state index is 11.2. The largest absolute Gasteiger partial charge is 0.501 e. The highest BCUT2D eigenvalue weighted by Crippen LogP contribution is 2.21. The molecule has 0 aromatic rings. The van der Waals surface area contributed by atoms with E-state index in [2.05, 4.69) is 6.58 Å². The van der Waals surface area contributed by atoms with Crippen molar-refractivity contribution in [3.8, 4) is 0 Å². The van der Waals surface area contributed by atoms with Crippen LogP contribution in [0.1, 0.15) is 26.2 Å². The van der Waals surface area contributed by atoms with E-state index >= 15 is 0 Å². The Morgan fingerprint density at radius 1 is 1.75 bits per heavy atom. The second kappa shape index (κ2) is 6.16. The maximum absolute atomic E-state index is 11.2. The number of rotatable bonds is 5. The molecule has 0 aromatic carbocycles. The Balaban J connectivity index is 2.45. The average molecular weight is 222 g/mol. The maximum Gasteiger partial charge on any atom is 0.334 e.